The Morgan fingerprint density at radius 1 is 0.951 bits per heavy atom. The molecule has 9 nitrogen and oxygen atoms in total. The summed E-state index contributed by atoms with van der Waals surface area (Å²) in [7, 11) is -7.71. The quantitative estimate of drug-likeness (QED) is 0.543. The van der Waals surface area contributed by atoms with Crippen LogP contribution >= 0.6 is 0 Å². The lowest BCUT2D eigenvalue weighted by Crippen LogP contribution is -2.61. The molecule has 0 spiro atoms. The van der Waals surface area contributed by atoms with Gasteiger partial charge in [0.15, 0.2) is 15.7 Å². The van der Waals surface area contributed by atoms with E-state index in [0.717, 1.165) is 11.8 Å². The highest BCUT2D eigenvalue weighted by atomic mass is 32.2. The van der Waals surface area contributed by atoms with E-state index >= 15 is 0 Å². The second-order valence-electron chi connectivity index (χ2n) is 12.9. The third-order valence-electron chi connectivity index (χ3n) is 10.9. The molecule has 2 aromatic rings. The van der Waals surface area contributed by atoms with E-state index < -0.39 is 25.8 Å². The van der Waals surface area contributed by atoms with E-state index in [0.29, 0.717) is 47.0 Å². The highest BCUT2D eigenvalue weighted by molar-refractivity contribution is 7.90. The molecule has 6 saturated carbocycles. The Labute approximate surface area is 236 Å². The number of sulfonamides is 1. The molecule has 12 heteroatoms. The van der Waals surface area contributed by atoms with Gasteiger partial charge in [0.25, 0.3) is 15.9 Å². The number of hydrogen-bond donors (Lipinski definition) is 2. The maximum Gasteiger partial charge on any atom is 0.286 e. The third kappa shape index (κ3) is 3.09. The van der Waals surface area contributed by atoms with Crippen LogP contribution in [0, 0.1) is 59.1 Å². The number of carbonyl (C=O) groups is 1. The van der Waals surface area contributed by atoms with E-state index in [9.17, 15) is 31.1 Å². The predicted octanol–water partition coefficient (Wildman–Crippen LogP) is 2.72. The number of hydrogen-bond acceptors (Lipinski definition) is 7. The van der Waals surface area contributed by atoms with Gasteiger partial charge in [-0.2, -0.15) is 8.42 Å². The fourth-order valence-electron chi connectivity index (χ4n) is 9.95. The summed E-state index contributed by atoms with van der Waals surface area (Å²) in [5, 5.41) is 14.8. The first kappa shape index (κ1) is 24.4. The van der Waals surface area contributed by atoms with Crippen molar-refractivity contribution in [2.24, 2.45) is 57.7 Å². The van der Waals surface area contributed by atoms with Crippen LogP contribution in [0.5, 0.6) is 0 Å². The Kier molecular flexibility index (Phi) is 4.39. The van der Waals surface area contributed by atoms with Crippen LogP contribution in [-0.2, 0) is 37.0 Å². The fourth-order valence-corrected chi connectivity index (χ4v) is 11.9. The first-order valence-corrected chi connectivity index (χ1v) is 17.4. The van der Waals surface area contributed by atoms with Crippen molar-refractivity contribution < 1.29 is 31.1 Å². The SMILES string of the molecule is CS(=O)(=O)Cc1ccc2c(c1)S(=O)(=O)N=C(C1=C(O)[C@@H]3C4C5C6C7C4C7C(C65)[C@@H]3N(Cc3ccc(F)cc3)C1=O)N2. The molecule has 0 saturated heterocycles. The Balaban J connectivity index is 1.15. The molecule has 0 aromatic heterocycles. The van der Waals surface area contributed by atoms with Crippen molar-refractivity contribution in [3.8, 4) is 0 Å². The minimum absolute atomic E-state index is 0.0842. The van der Waals surface area contributed by atoms with Crippen LogP contribution in [0.15, 0.2) is 63.1 Å². The molecule has 8 aliphatic rings. The minimum atomic E-state index is -4.31. The number of aliphatic hydroxyl groups excluding tert-OH is 1. The maximum atomic E-state index is 14.3. The largest absolute Gasteiger partial charge is 0.511 e. The number of fused-ring (bicyclic) bond motifs is 1. The minimum Gasteiger partial charge on any atom is -0.511 e. The second kappa shape index (κ2) is 7.38. The standard InChI is InChI=1S/C29H26FN3O6S2/c1-40(36,37)10-12-4-7-14-15(8-12)41(38,39)32-28(31-14)25-27(34)24-22-18-16-17-19(22)21(17)23(20(16)18)26(24)33(29(25)35)9-11-2-5-13(30)6-3-11/h2-8,16-24,26,34H,9-10H2,1H3,(H,31,32)/t16?,17?,18?,19?,20?,21?,22?,23?,24-,26+/m1/s1. The van der Waals surface area contributed by atoms with Gasteiger partial charge in [0.05, 0.1) is 11.4 Å². The molecule has 8 atom stereocenters. The summed E-state index contributed by atoms with van der Waals surface area (Å²) >= 11 is 0. The van der Waals surface area contributed by atoms with Gasteiger partial charge in [0, 0.05) is 24.8 Å². The van der Waals surface area contributed by atoms with Gasteiger partial charge in [-0.1, -0.05) is 18.2 Å². The number of amides is 1. The number of nitrogens with one attached hydrogen (secondary N) is 1. The normalized spacial score (nSPS) is 39.6. The number of anilines is 1. The van der Waals surface area contributed by atoms with Crippen molar-refractivity contribution in [1.82, 2.24) is 4.90 Å². The van der Waals surface area contributed by atoms with E-state index in [1.54, 1.807) is 17.0 Å². The zero-order valence-electron chi connectivity index (χ0n) is 21.8. The van der Waals surface area contributed by atoms with Crippen LogP contribution in [-0.4, -0.2) is 50.9 Å². The number of benzene rings is 2. The van der Waals surface area contributed by atoms with Crippen LogP contribution in [0.1, 0.15) is 11.1 Å². The molecular weight excluding hydrogens is 569 g/mol. The summed E-state index contributed by atoms with van der Waals surface area (Å²) < 4.78 is 67.9. The highest BCUT2D eigenvalue weighted by Crippen LogP contribution is 2.93. The molecule has 6 fully saturated rings. The molecule has 2 N–H and O–H groups in total. The van der Waals surface area contributed by atoms with Crippen LogP contribution in [0.25, 0.3) is 0 Å². The predicted molar refractivity (Wildman–Crippen MR) is 145 cm³/mol. The Bertz CT molecular complexity index is 1870. The van der Waals surface area contributed by atoms with Gasteiger partial charge in [-0.3, -0.25) is 4.79 Å². The smallest absolute Gasteiger partial charge is 0.286 e. The lowest BCUT2D eigenvalue weighted by molar-refractivity contribution is -0.141. The van der Waals surface area contributed by atoms with Gasteiger partial charge >= 0.3 is 0 Å². The maximum absolute atomic E-state index is 14.3. The van der Waals surface area contributed by atoms with Crippen molar-refractivity contribution in [3.63, 3.8) is 0 Å². The zero-order valence-corrected chi connectivity index (χ0v) is 23.4. The molecular formula is C29H26FN3O6S2. The summed E-state index contributed by atoms with van der Waals surface area (Å²) in [5.41, 5.74) is 1.08. The lowest BCUT2D eigenvalue weighted by Gasteiger charge is -2.54. The van der Waals surface area contributed by atoms with E-state index in [-0.39, 0.29) is 63.7 Å². The van der Waals surface area contributed by atoms with Gasteiger partial charge in [-0.15, -0.1) is 4.40 Å². The summed E-state index contributed by atoms with van der Waals surface area (Å²) in [4.78, 5) is 15.9. The third-order valence-corrected chi connectivity index (χ3v) is 13.1. The van der Waals surface area contributed by atoms with Gasteiger partial charge in [-0.05, 0) is 82.7 Å². The van der Waals surface area contributed by atoms with Crippen LogP contribution in [0.3, 0.4) is 0 Å². The van der Waals surface area contributed by atoms with Crippen LogP contribution in [0.2, 0.25) is 0 Å². The van der Waals surface area contributed by atoms with E-state index in [1.165, 1.54) is 30.3 Å². The van der Waals surface area contributed by atoms with Crippen LogP contribution < -0.4 is 5.32 Å². The van der Waals surface area contributed by atoms with Crippen molar-refractivity contribution in [3.05, 3.63) is 70.7 Å². The van der Waals surface area contributed by atoms with Gasteiger partial charge in [0.2, 0.25) is 0 Å². The first-order chi connectivity index (χ1) is 19.4. The Hall–Kier alpha value is -3.25. The Morgan fingerprint density at radius 3 is 2.22 bits per heavy atom. The lowest BCUT2D eigenvalue weighted by atomic mass is 9.59. The molecule has 6 aliphatic carbocycles. The number of aliphatic hydroxyl groups is 1. The second-order valence-corrected chi connectivity index (χ2v) is 16.6. The highest BCUT2D eigenvalue weighted by Gasteiger charge is 2.92. The molecule has 2 aliphatic heterocycles. The monoisotopic (exact) mass is 595 g/mol. The topological polar surface area (TPSA) is 133 Å². The number of sulfone groups is 1. The molecule has 212 valence electrons. The summed E-state index contributed by atoms with van der Waals surface area (Å²) in [6, 6.07) is 10.1. The van der Waals surface area contributed by atoms with Crippen molar-refractivity contribution >= 4 is 37.3 Å². The molecule has 2 aromatic carbocycles. The van der Waals surface area contributed by atoms with Gasteiger partial charge < -0.3 is 15.3 Å². The van der Waals surface area contributed by atoms with Crippen molar-refractivity contribution in [2.45, 2.75) is 23.2 Å². The summed E-state index contributed by atoms with van der Waals surface area (Å²) in [6.45, 7) is 0.218. The van der Waals surface area contributed by atoms with Gasteiger partial charge in [-0.25, -0.2) is 12.8 Å². The number of amidine groups is 1. The number of carbonyl (C=O) groups excluding carboxylic acids is 1. The summed E-state index contributed by atoms with van der Waals surface area (Å²) in [5.74, 6) is 2.46. The summed E-state index contributed by atoms with van der Waals surface area (Å²) in [6.07, 6.45) is 1.07. The molecule has 10 rings (SSSR count). The first-order valence-electron chi connectivity index (χ1n) is 13.9. The molecule has 1 amide bonds. The van der Waals surface area contributed by atoms with Crippen molar-refractivity contribution in [2.75, 3.05) is 11.6 Å². The van der Waals surface area contributed by atoms with Gasteiger partial charge in [0.1, 0.15) is 22.0 Å². The molecule has 0 radical (unpaired) electrons. The molecule has 2 bridgehead atoms. The Morgan fingerprint density at radius 2 is 1.56 bits per heavy atom. The number of rotatable bonds is 5. The molecule has 2 heterocycles. The van der Waals surface area contributed by atoms with Crippen molar-refractivity contribution in [1.29, 1.82) is 0 Å². The fraction of sp³-hybridized carbons (Fsp3) is 0.448. The van der Waals surface area contributed by atoms with E-state index in [2.05, 4.69) is 9.71 Å². The molecule has 41 heavy (non-hydrogen) atoms. The average Bonchev–Trinajstić information content (AvgIpc) is 3.75. The average molecular weight is 596 g/mol. The number of nitrogens with zero attached hydrogens (tertiary/aromatic N) is 2. The van der Waals surface area contributed by atoms with E-state index in [4.69, 9.17) is 0 Å². The zero-order chi connectivity index (χ0) is 28.3. The van der Waals surface area contributed by atoms with E-state index in [1.807, 2.05) is 0 Å². The van der Waals surface area contributed by atoms with Crippen LogP contribution in [0.4, 0.5) is 10.1 Å². The molecule has 6 unspecified atom stereocenters. The number of halogens is 1.